The van der Waals surface area contributed by atoms with Crippen LogP contribution in [0, 0.1) is 5.92 Å². The first-order valence-corrected chi connectivity index (χ1v) is 10.6. The Bertz CT molecular complexity index is 734. The van der Waals surface area contributed by atoms with Gasteiger partial charge in [-0.05, 0) is 40.9 Å². The molecule has 0 saturated carbocycles. The fourth-order valence-corrected chi connectivity index (χ4v) is 4.19. The SMILES string of the molecule is CCCNC(=O)CN1CCN(C(=O)C2CCN(c3ccccc3Br)C2=O)CC1. The van der Waals surface area contributed by atoms with E-state index in [0.29, 0.717) is 52.2 Å². The first-order chi connectivity index (χ1) is 13.5. The molecule has 2 aliphatic heterocycles. The number of anilines is 1. The number of nitrogens with zero attached hydrogens (tertiary/aromatic N) is 3. The van der Waals surface area contributed by atoms with Crippen LogP contribution in [0.25, 0.3) is 0 Å². The van der Waals surface area contributed by atoms with E-state index in [1.54, 1.807) is 9.80 Å². The van der Waals surface area contributed by atoms with Crippen molar-refractivity contribution in [3.05, 3.63) is 28.7 Å². The Morgan fingerprint density at radius 3 is 2.54 bits per heavy atom. The van der Waals surface area contributed by atoms with Crippen LogP contribution >= 0.6 is 15.9 Å². The number of carbonyl (C=O) groups excluding carboxylic acids is 3. The van der Waals surface area contributed by atoms with Gasteiger partial charge in [-0.3, -0.25) is 19.3 Å². The summed E-state index contributed by atoms with van der Waals surface area (Å²) in [6.45, 7) is 6.04. The minimum atomic E-state index is -0.605. The summed E-state index contributed by atoms with van der Waals surface area (Å²) in [6, 6.07) is 7.57. The van der Waals surface area contributed by atoms with Crippen molar-refractivity contribution in [1.29, 1.82) is 0 Å². The van der Waals surface area contributed by atoms with E-state index in [0.717, 1.165) is 16.6 Å². The molecular formula is C20H27BrN4O3. The molecule has 8 heteroatoms. The van der Waals surface area contributed by atoms with E-state index in [2.05, 4.69) is 26.1 Å². The highest BCUT2D eigenvalue weighted by Gasteiger charge is 2.40. The van der Waals surface area contributed by atoms with Gasteiger partial charge >= 0.3 is 0 Å². The minimum absolute atomic E-state index is 0.0247. The lowest BCUT2D eigenvalue weighted by Gasteiger charge is -2.35. The van der Waals surface area contributed by atoms with Gasteiger partial charge in [0.2, 0.25) is 17.7 Å². The molecule has 3 amide bonds. The maximum Gasteiger partial charge on any atom is 0.239 e. The number of hydrogen-bond acceptors (Lipinski definition) is 4. The molecule has 0 radical (unpaired) electrons. The normalized spacial score (nSPS) is 20.5. The molecule has 2 saturated heterocycles. The average Bonchev–Trinajstić information content (AvgIpc) is 3.08. The summed E-state index contributed by atoms with van der Waals surface area (Å²) in [5, 5.41) is 2.87. The third-order valence-corrected chi connectivity index (χ3v) is 5.94. The van der Waals surface area contributed by atoms with E-state index in [-0.39, 0.29) is 17.7 Å². The highest BCUT2D eigenvalue weighted by atomic mass is 79.9. The van der Waals surface area contributed by atoms with Crippen LogP contribution in [0.4, 0.5) is 5.69 Å². The average molecular weight is 451 g/mol. The molecule has 1 aromatic carbocycles. The molecule has 7 nitrogen and oxygen atoms in total. The molecule has 2 fully saturated rings. The summed E-state index contributed by atoms with van der Waals surface area (Å²) in [5.41, 5.74) is 0.811. The Hall–Kier alpha value is -1.93. The molecule has 1 aromatic rings. The third kappa shape index (κ3) is 4.72. The monoisotopic (exact) mass is 450 g/mol. The molecule has 0 bridgehead atoms. The summed E-state index contributed by atoms with van der Waals surface area (Å²) in [4.78, 5) is 43.1. The Balaban J connectivity index is 1.52. The third-order valence-electron chi connectivity index (χ3n) is 5.27. The van der Waals surface area contributed by atoms with Crippen molar-refractivity contribution in [2.45, 2.75) is 19.8 Å². The number of benzene rings is 1. The lowest BCUT2D eigenvalue weighted by Crippen LogP contribution is -2.53. The van der Waals surface area contributed by atoms with Crippen LogP contribution in [0.15, 0.2) is 28.7 Å². The topological polar surface area (TPSA) is 73.0 Å². The number of carbonyl (C=O) groups is 3. The zero-order valence-corrected chi connectivity index (χ0v) is 17.8. The predicted octanol–water partition coefficient (Wildman–Crippen LogP) is 1.47. The Labute approximate surface area is 174 Å². The number of rotatable bonds is 6. The quantitative estimate of drug-likeness (QED) is 0.666. The van der Waals surface area contributed by atoms with Crippen molar-refractivity contribution in [2.24, 2.45) is 5.92 Å². The molecular weight excluding hydrogens is 424 g/mol. The maximum atomic E-state index is 12.9. The number of nitrogens with one attached hydrogen (secondary N) is 1. The van der Waals surface area contributed by atoms with Crippen LogP contribution in [-0.2, 0) is 14.4 Å². The second kappa shape index (κ2) is 9.52. The summed E-state index contributed by atoms with van der Waals surface area (Å²) >= 11 is 3.48. The van der Waals surface area contributed by atoms with Gasteiger partial charge in [-0.25, -0.2) is 0 Å². The van der Waals surface area contributed by atoms with Crippen molar-refractivity contribution in [1.82, 2.24) is 15.1 Å². The van der Waals surface area contributed by atoms with E-state index in [4.69, 9.17) is 0 Å². The van der Waals surface area contributed by atoms with Gasteiger partial charge in [0.15, 0.2) is 0 Å². The van der Waals surface area contributed by atoms with Crippen LogP contribution in [0.5, 0.6) is 0 Å². The standard InChI is InChI=1S/C20H27BrN4O3/c1-2-8-22-18(26)14-23-10-12-24(13-11-23)19(27)15-7-9-25(20(15)28)17-6-4-3-5-16(17)21/h3-6,15H,2,7-14H2,1H3,(H,22,26). The summed E-state index contributed by atoms with van der Waals surface area (Å²) in [6.07, 6.45) is 1.46. The van der Waals surface area contributed by atoms with Crippen molar-refractivity contribution in [3.8, 4) is 0 Å². The Kier molecular flexibility index (Phi) is 7.07. The Morgan fingerprint density at radius 1 is 1.14 bits per heavy atom. The number of para-hydroxylation sites is 1. The van der Waals surface area contributed by atoms with Gasteiger partial charge in [-0.15, -0.1) is 0 Å². The van der Waals surface area contributed by atoms with Crippen LogP contribution in [0.3, 0.4) is 0 Å². The molecule has 3 rings (SSSR count). The van der Waals surface area contributed by atoms with Crippen LogP contribution in [0.2, 0.25) is 0 Å². The lowest BCUT2D eigenvalue weighted by molar-refractivity contribution is -0.141. The fraction of sp³-hybridized carbons (Fsp3) is 0.550. The molecule has 1 unspecified atom stereocenters. The number of halogens is 1. The van der Waals surface area contributed by atoms with Gasteiger partial charge < -0.3 is 15.1 Å². The lowest BCUT2D eigenvalue weighted by atomic mass is 10.1. The number of amides is 3. The largest absolute Gasteiger partial charge is 0.355 e. The summed E-state index contributed by atoms with van der Waals surface area (Å²) in [7, 11) is 0. The molecule has 152 valence electrons. The maximum absolute atomic E-state index is 12.9. The highest BCUT2D eigenvalue weighted by Crippen LogP contribution is 2.32. The predicted molar refractivity (Wildman–Crippen MR) is 111 cm³/mol. The van der Waals surface area contributed by atoms with Crippen molar-refractivity contribution in [3.63, 3.8) is 0 Å². The van der Waals surface area contributed by atoms with Gasteiger partial charge in [0.05, 0.1) is 12.2 Å². The van der Waals surface area contributed by atoms with E-state index in [1.165, 1.54) is 0 Å². The fourth-order valence-electron chi connectivity index (χ4n) is 3.69. The van der Waals surface area contributed by atoms with Crippen molar-refractivity contribution < 1.29 is 14.4 Å². The molecule has 0 aliphatic carbocycles. The van der Waals surface area contributed by atoms with Crippen molar-refractivity contribution in [2.75, 3.05) is 50.7 Å². The highest BCUT2D eigenvalue weighted by molar-refractivity contribution is 9.10. The second-order valence-electron chi connectivity index (χ2n) is 7.23. The molecule has 0 aromatic heterocycles. The van der Waals surface area contributed by atoms with E-state index < -0.39 is 5.92 Å². The zero-order chi connectivity index (χ0) is 20.1. The number of hydrogen-bond donors (Lipinski definition) is 1. The summed E-state index contributed by atoms with van der Waals surface area (Å²) in [5.74, 6) is -0.795. The van der Waals surface area contributed by atoms with Crippen molar-refractivity contribution >= 4 is 39.3 Å². The van der Waals surface area contributed by atoms with Crippen LogP contribution < -0.4 is 10.2 Å². The molecule has 2 heterocycles. The summed E-state index contributed by atoms with van der Waals surface area (Å²) < 4.78 is 0.853. The first kappa shape index (κ1) is 20.8. The molecule has 0 spiro atoms. The van der Waals surface area contributed by atoms with Gasteiger partial charge in [-0.2, -0.15) is 0 Å². The van der Waals surface area contributed by atoms with Gasteiger partial charge in [0.25, 0.3) is 0 Å². The molecule has 1 N–H and O–H groups in total. The minimum Gasteiger partial charge on any atom is -0.355 e. The molecule has 2 aliphatic rings. The first-order valence-electron chi connectivity index (χ1n) is 9.85. The van der Waals surface area contributed by atoms with Crippen LogP contribution in [-0.4, -0.2) is 73.3 Å². The van der Waals surface area contributed by atoms with Gasteiger partial charge in [-0.1, -0.05) is 19.1 Å². The van der Waals surface area contributed by atoms with Gasteiger partial charge in [0, 0.05) is 43.7 Å². The number of piperazine rings is 1. The van der Waals surface area contributed by atoms with E-state index in [9.17, 15) is 14.4 Å². The molecule has 1 atom stereocenters. The Morgan fingerprint density at radius 2 is 1.86 bits per heavy atom. The van der Waals surface area contributed by atoms with Gasteiger partial charge in [0.1, 0.15) is 5.92 Å². The van der Waals surface area contributed by atoms with Crippen LogP contribution in [0.1, 0.15) is 19.8 Å². The zero-order valence-electron chi connectivity index (χ0n) is 16.2. The van der Waals surface area contributed by atoms with E-state index >= 15 is 0 Å². The molecule has 28 heavy (non-hydrogen) atoms. The second-order valence-corrected chi connectivity index (χ2v) is 8.09. The smallest absolute Gasteiger partial charge is 0.239 e. The van der Waals surface area contributed by atoms with E-state index in [1.807, 2.05) is 31.2 Å².